The quantitative estimate of drug-likeness (QED) is 0.0284. The molecular formula is C26H37N14O8S2+. The van der Waals surface area contributed by atoms with Gasteiger partial charge < -0.3 is 54.4 Å². The maximum Gasteiger partial charge on any atom is 0.352 e. The second kappa shape index (κ2) is 15.0. The lowest BCUT2D eigenvalue weighted by molar-refractivity contribution is -0.765. The molecule has 4 heterocycles. The van der Waals surface area contributed by atoms with Crippen molar-refractivity contribution in [3.63, 3.8) is 0 Å². The van der Waals surface area contributed by atoms with Gasteiger partial charge in [-0.05, 0) is 33.2 Å². The summed E-state index contributed by atoms with van der Waals surface area (Å²) in [5, 5.41) is 27.6. The number of hydrogen-bond acceptors (Lipinski definition) is 15. The fourth-order valence-corrected chi connectivity index (χ4v) is 6.52. The second-order valence-corrected chi connectivity index (χ2v) is 13.3. The van der Waals surface area contributed by atoms with Crippen LogP contribution in [0.25, 0.3) is 0 Å². The topological polar surface area (TPSA) is 352 Å². The number of carbonyl (C=O) groups excluding carboxylic acids is 3. The van der Waals surface area contributed by atoms with E-state index in [-0.39, 0.29) is 52.8 Å². The predicted molar refractivity (Wildman–Crippen MR) is 180 cm³/mol. The molecule has 24 heteroatoms. The van der Waals surface area contributed by atoms with Crippen LogP contribution < -0.4 is 44.0 Å². The SMILES string of the molecule is Cn1c(N)c(NC(=O)[C@H](CCCN)N=C(N)N)c[n+]1CC1=C(C(=O)O)N2C(=O)[C@@H](NC(=O)/C(=N\OC(C)(C)C(=O)O)c3nsc(N)n3)[C@H]2SC1. The summed E-state index contributed by atoms with van der Waals surface area (Å²) in [6.45, 7) is 2.69. The molecule has 0 spiro atoms. The normalized spacial score (nSPS) is 18.1. The van der Waals surface area contributed by atoms with E-state index in [4.69, 9.17) is 33.5 Å². The van der Waals surface area contributed by atoms with E-state index in [9.17, 15) is 34.2 Å². The number of aromatic nitrogens is 4. The molecule has 1 fully saturated rings. The molecule has 0 saturated carbocycles. The van der Waals surface area contributed by atoms with Crippen molar-refractivity contribution in [2.45, 2.75) is 56.3 Å². The van der Waals surface area contributed by atoms with E-state index < -0.39 is 58.4 Å². The van der Waals surface area contributed by atoms with Crippen LogP contribution >= 0.6 is 23.3 Å². The summed E-state index contributed by atoms with van der Waals surface area (Å²) < 4.78 is 6.97. The number of aliphatic carboxylic acids is 2. The van der Waals surface area contributed by atoms with Gasteiger partial charge >= 0.3 is 11.9 Å². The number of amides is 3. The van der Waals surface area contributed by atoms with E-state index in [2.05, 4.69) is 30.1 Å². The number of nitrogens with one attached hydrogen (secondary N) is 2. The van der Waals surface area contributed by atoms with Gasteiger partial charge in [0.05, 0.1) is 7.05 Å². The molecule has 0 aromatic carbocycles. The number of β-lactam (4-membered cyclic amide) rings is 1. The third-order valence-electron chi connectivity index (χ3n) is 7.47. The number of nitrogens with two attached hydrogens (primary N) is 5. The van der Waals surface area contributed by atoms with Crippen molar-refractivity contribution in [3.05, 3.63) is 23.3 Å². The van der Waals surface area contributed by atoms with Crippen LogP contribution in [0.3, 0.4) is 0 Å². The Morgan fingerprint density at radius 2 is 1.94 bits per heavy atom. The molecule has 50 heavy (non-hydrogen) atoms. The minimum absolute atomic E-state index is 0.0134. The first-order chi connectivity index (χ1) is 23.5. The van der Waals surface area contributed by atoms with Crippen LogP contribution in [0.15, 0.2) is 27.6 Å². The molecule has 2 aliphatic rings. The van der Waals surface area contributed by atoms with Crippen molar-refractivity contribution < 1.29 is 43.7 Å². The third-order valence-corrected chi connectivity index (χ3v) is 9.36. The molecule has 3 amide bonds. The van der Waals surface area contributed by atoms with Crippen molar-refractivity contribution in [2.24, 2.45) is 34.4 Å². The van der Waals surface area contributed by atoms with Gasteiger partial charge in [-0.3, -0.25) is 19.3 Å². The van der Waals surface area contributed by atoms with Crippen molar-refractivity contribution in [1.29, 1.82) is 0 Å². The molecule has 22 nitrogen and oxygen atoms in total. The zero-order valence-electron chi connectivity index (χ0n) is 27.0. The average molecular weight is 738 g/mol. The number of oxime groups is 1. The lowest BCUT2D eigenvalue weighted by atomic mass is 10.0. The number of nitrogens with zero attached hydrogens (tertiary/aromatic N) is 7. The highest BCUT2D eigenvalue weighted by molar-refractivity contribution is 8.00. The number of carboxylic acids is 2. The van der Waals surface area contributed by atoms with Crippen molar-refractivity contribution in [3.8, 4) is 0 Å². The van der Waals surface area contributed by atoms with Crippen LogP contribution in [-0.2, 0) is 42.4 Å². The van der Waals surface area contributed by atoms with Crippen LogP contribution in [0.4, 0.5) is 16.6 Å². The number of hydrogen-bond donors (Lipinski definition) is 9. The summed E-state index contributed by atoms with van der Waals surface area (Å²) in [5.74, 6) is -5.25. The van der Waals surface area contributed by atoms with Crippen LogP contribution in [0, 0.1) is 0 Å². The smallest absolute Gasteiger partial charge is 0.352 e. The lowest BCUT2D eigenvalue weighted by Crippen LogP contribution is -2.71. The molecule has 3 atom stereocenters. The number of fused-ring (bicyclic) bond motifs is 1. The van der Waals surface area contributed by atoms with Gasteiger partial charge in [-0.25, -0.2) is 14.6 Å². The zero-order valence-corrected chi connectivity index (χ0v) is 28.7. The molecule has 0 aliphatic carbocycles. The Balaban J connectivity index is 1.54. The van der Waals surface area contributed by atoms with Gasteiger partial charge in [0.1, 0.15) is 23.2 Å². The fraction of sp³-hybridized carbons (Fsp3) is 0.462. The molecule has 0 radical (unpaired) electrons. The first-order valence-electron chi connectivity index (χ1n) is 14.7. The second-order valence-electron chi connectivity index (χ2n) is 11.5. The Kier molecular flexibility index (Phi) is 11.2. The maximum atomic E-state index is 13.4. The van der Waals surface area contributed by atoms with E-state index in [1.54, 1.807) is 11.7 Å². The minimum Gasteiger partial charge on any atom is -0.478 e. The van der Waals surface area contributed by atoms with Crippen molar-refractivity contribution in [2.75, 3.05) is 29.1 Å². The molecule has 270 valence electrons. The summed E-state index contributed by atoms with van der Waals surface area (Å²) in [7, 11) is 1.60. The number of guanidine groups is 1. The molecule has 2 aromatic heterocycles. The van der Waals surface area contributed by atoms with E-state index in [1.165, 1.54) is 36.5 Å². The first-order valence-corrected chi connectivity index (χ1v) is 16.5. The average Bonchev–Trinajstić information content (AvgIpc) is 3.58. The Labute approximate surface area is 291 Å². The summed E-state index contributed by atoms with van der Waals surface area (Å²) in [5.41, 5.74) is 26.3. The highest BCUT2D eigenvalue weighted by Gasteiger charge is 2.55. The Hall–Kier alpha value is -5.49. The van der Waals surface area contributed by atoms with Crippen LogP contribution in [0.5, 0.6) is 0 Å². The molecule has 1 saturated heterocycles. The van der Waals surface area contributed by atoms with Gasteiger partial charge in [-0.1, -0.05) is 5.16 Å². The van der Waals surface area contributed by atoms with Crippen LogP contribution in [0.1, 0.15) is 32.5 Å². The molecule has 4 rings (SSSR count). The monoisotopic (exact) mass is 737 g/mol. The van der Waals surface area contributed by atoms with Gasteiger partial charge in [0.2, 0.25) is 29.2 Å². The number of rotatable bonds is 15. The molecule has 2 aliphatic heterocycles. The summed E-state index contributed by atoms with van der Waals surface area (Å²) in [4.78, 5) is 77.6. The van der Waals surface area contributed by atoms with Crippen LogP contribution in [-0.4, -0.2) is 106 Å². The number of thioether (sulfide) groups is 1. The molecule has 0 bridgehead atoms. The minimum atomic E-state index is -1.83. The van der Waals surface area contributed by atoms with Crippen LogP contribution in [0.2, 0.25) is 0 Å². The number of aliphatic imine (C=N–C) groups is 1. The largest absolute Gasteiger partial charge is 0.478 e. The lowest BCUT2D eigenvalue weighted by Gasteiger charge is -2.49. The Bertz CT molecular complexity index is 1800. The predicted octanol–water partition coefficient (Wildman–Crippen LogP) is -3.33. The van der Waals surface area contributed by atoms with E-state index in [0.29, 0.717) is 18.5 Å². The highest BCUT2D eigenvalue weighted by atomic mass is 32.2. The van der Waals surface area contributed by atoms with Crippen molar-refractivity contribution in [1.82, 2.24) is 24.3 Å². The number of nitrogen functional groups attached to an aromatic ring is 2. The van der Waals surface area contributed by atoms with E-state index in [1.807, 2.05) is 0 Å². The zero-order chi connectivity index (χ0) is 37.1. The van der Waals surface area contributed by atoms with Gasteiger partial charge in [-0.15, -0.1) is 21.1 Å². The molecule has 0 unspecified atom stereocenters. The fourth-order valence-electron chi connectivity index (χ4n) is 4.75. The summed E-state index contributed by atoms with van der Waals surface area (Å²) in [6.07, 6.45) is 2.27. The van der Waals surface area contributed by atoms with E-state index >= 15 is 0 Å². The summed E-state index contributed by atoms with van der Waals surface area (Å²) >= 11 is 1.94. The third kappa shape index (κ3) is 7.86. The van der Waals surface area contributed by atoms with Gasteiger partial charge in [-0.2, -0.15) is 9.36 Å². The first kappa shape index (κ1) is 37.3. The van der Waals surface area contributed by atoms with Gasteiger partial charge in [0.25, 0.3) is 11.8 Å². The molecule has 14 N–H and O–H groups in total. The molecular weight excluding hydrogens is 701 g/mol. The summed E-state index contributed by atoms with van der Waals surface area (Å²) in [6, 6.07) is -2.10. The number of carbonyl (C=O) groups is 5. The van der Waals surface area contributed by atoms with Crippen molar-refractivity contribution >= 4 is 81.3 Å². The Morgan fingerprint density at radius 1 is 1.24 bits per heavy atom. The highest BCUT2D eigenvalue weighted by Crippen LogP contribution is 2.40. The number of carboxylic acid groups (broad SMARTS) is 2. The standard InChI is InChI=1S/C26H36N14O8S2/c1-26(2,23(46)47)48-36-13(17-35-25(31)50-37-17)19(42)34-14-20(43)40-15(22(44)45)10(9-49-21(14)40)7-39-8-12(16(28)38(39)3)32-18(41)11(5-4-6-27)33-24(29)30/h8,11,14,21,28H,4-7,9,27H2,1-3H3,(H10,29,30,31,32,33,34,35,37,41,42,44,45,46,47)/p+1/b36-13-/t11-,14+,21+/m0/s1. The maximum absolute atomic E-state index is 13.4. The van der Waals surface area contributed by atoms with Gasteiger partial charge in [0, 0.05) is 22.9 Å². The molecule has 2 aromatic rings. The van der Waals surface area contributed by atoms with Gasteiger partial charge in [0.15, 0.2) is 29.1 Å². The number of anilines is 3. The van der Waals surface area contributed by atoms with E-state index in [0.717, 1.165) is 16.4 Å². The Morgan fingerprint density at radius 3 is 2.52 bits per heavy atom.